The van der Waals surface area contributed by atoms with Gasteiger partial charge in [-0.3, -0.25) is 0 Å². The van der Waals surface area contributed by atoms with Gasteiger partial charge >= 0.3 is 5.97 Å². The van der Waals surface area contributed by atoms with E-state index < -0.39 is 5.97 Å². The fourth-order valence-corrected chi connectivity index (χ4v) is 1.47. The summed E-state index contributed by atoms with van der Waals surface area (Å²) >= 11 is 0. The molecule has 1 aromatic heterocycles. The maximum absolute atomic E-state index is 13.2. The number of fused-ring (bicyclic) bond motifs is 1. The summed E-state index contributed by atoms with van der Waals surface area (Å²) in [6, 6.07) is 4.99. The van der Waals surface area contributed by atoms with Crippen molar-refractivity contribution in [2.75, 3.05) is 0 Å². The van der Waals surface area contributed by atoms with Crippen LogP contribution in [0, 0.1) is 6.92 Å². The van der Waals surface area contributed by atoms with Crippen molar-refractivity contribution in [1.82, 2.24) is 4.79 Å². The van der Waals surface area contributed by atoms with Crippen molar-refractivity contribution >= 4 is 16.9 Å². The van der Waals surface area contributed by atoms with Crippen molar-refractivity contribution in [2.24, 2.45) is 0 Å². The summed E-state index contributed by atoms with van der Waals surface area (Å²) in [5.74, 6) is -1.12. The Balaban J connectivity index is 2.84. The number of carboxylic acids is 1. The molecule has 2 aromatic rings. The van der Waals surface area contributed by atoms with Gasteiger partial charge in [-0.2, -0.15) is 4.79 Å². The van der Waals surface area contributed by atoms with E-state index in [1.54, 1.807) is 18.2 Å². The lowest BCUT2D eigenvalue weighted by atomic mass is 10.1. The third-order valence-electron chi connectivity index (χ3n) is 2.15. The second kappa shape index (κ2) is 2.83. The van der Waals surface area contributed by atoms with E-state index in [2.05, 4.69) is 0 Å². The molecule has 0 saturated heterocycles. The second-order valence-electron chi connectivity index (χ2n) is 3.18. The lowest BCUT2D eigenvalue weighted by molar-refractivity contribution is 0.0698. The van der Waals surface area contributed by atoms with Gasteiger partial charge in [0.05, 0.1) is 17.3 Å². The highest BCUT2D eigenvalue weighted by Gasteiger charge is 2.13. The molecule has 0 bridgehead atoms. The molecule has 0 unspecified atom stereocenters. The zero-order chi connectivity index (χ0) is 10.3. The summed E-state index contributed by atoms with van der Waals surface area (Å²) in [5.41, 5.74) is 1.18. The third kappa shape index (κ3) is 1.16. The van der Waals surface area contributed by atoms with Gasteiger partial charge in [-0.25, -0.2) is 4.79 Å². The van der Waals surface area contributed by atoms with Crippen LogP contribution in [0.3, 0.4) is 0 Å². The normalized spacial score (nSPS) is 10.7. The Bertz CT molecular complexity index is 516. The number of halogens is 1. The first-order valence-corrected chi connectivity index (χ1v) is 4.11. The van der Waals surface area contributed by atoms with Crippen molar-refractivity contribution in [2.45, 2.75) is 6.92 Å². The molecule has 0 amide bonds. The molecule has 1 heterocycles. The van der Waals surface area contributed by atoms with Crippen molar-refractivity contribution in [3.05, 3.63) is 35.5 Å². The Hall–Kier alpha value is -1.84. The predicted octanol–water partition coefficient (Wildman–Crippen LogP) is 2.38. The zero-order valence-corrected chi connectivity index (χ0v) is 7.49. The van der Waals surface area contributed by atoms with Crippen LogP contribution >= 0.6 is 0 Å². The minimum atomic E-state index is -1.12. The average Bonchev–Trinajstić information content (AvgIpc) is 2.44. The summed E-state index contributed by atoms with van der Waals surface area (Å²) < 4.78 is 13.2. The maximum Gasteiger partial charge on any atom is 0.337 e. The van der Waals surface area contributed by atoms with E-state index in [0.29, 0.717) is 15.7 Å². The van der Waals surface area contributed by atoms with E-state index in [-0.39, 0.29) is 5.56 Å². The summed E-state index contributed by atoms with van der Waals surface area (Å²) in [7, 11) is 0. The first kappa shape index (κ1) is 8.74. The lowest BCUT2D eigenvalue weighted by Crippen LogP contribution is -1.93. The SMILES string of the molecule is Cc1ccc2c(C(=O)O)cn(F)c2c1. The smallest absolute Gasteiger partial charge is 0.337 e. The van der Waals surface area contributed by atoms with E-state index in [0.717, 1.165) is 11.8 Å². The summed E-state index contributed by atoms with van der Waals surface area (Å²) in [6.45, 7) is 1.83. The maximum atomic E-state index is 13.2. The average molecular weight is 193 g/mol. The van der Waals surface area contributed by atoms with Crippen LogP contribution in [-0.4, -0.2) is 15.9 Å². The Labute approximate surface area is 79.3 Å². The lowest BCUT2D eigenvalue weighted by Gasteiger charge is -1.94. The number of aromatic nitrogens is 1. The van der Waals surface area contributed by atoms with E-state index in [1.807, 2.05) is 6.92 Å². The van der Waals surface area contributed by atoms with Gasteiger partial charge in [-0.05, 0) is 18.6 Å². The predicted molar refractivity (Wildman–Crippen MR) is 50.1 cm³/mol. The summed E-state index contributed by atoms with van der Waals surface area (Å²) in [6.07, 6.45) is 0.979. The summed E-state index contributed by atoms with van der Waals surface area (Å²) in [4.78, 5) is 11.1. The first-order valence-electron chi connectivity index (χ1n) is 4.11. The van der Waals surface area contributed by atoms with Crippen LogP contribution in [0.15, 0.2) is 24.4 Å². The topological polar surface area (TPSA) is 42.2 Å². The molecule has 0 spiro atoms. The minimum absolute atomic E-state index is 0.0116. The minimum Gasteiger partial charge on any atom is -0.478 e. The Morgan fingerprint density at radius 2 is 2.21 bits per heavy atom. The molecule has 1 aromatic carbocycles. The van der Waals surface area contributed by atoms with Crippen LogP contribution in [0.5, 0.6) is 0 Å². The monoisotopic (exact) mass is 193 g/mol. The molecule has 0 saturated carbocycles. The van der Waals surface area contributed by atoms with Gasteiger partial charge in [0.25, 0.3) is 0 Å². The van der Waals surface area contributed by atoms with E-state index in [9.17, 15) is 9.28 Å². The number of aryl methyl sites for hydroxylation is 1. The Morgan fingerprint density at radius 1 is 1.50 bits per heavy atom. The van der Waals surface area contributed by atoms with Gasteiger partial charge in [0.15, 0.2) is 0 Å². The quantitative estimate of drug-likeness (QED) is 0.755. The number of aromatic carboxylic acids is 1. The van der Waals surface area contributed by atoms with Crippen LogP contribution in [0.25, 0.3) is 10.9 Å². The number of carboxylic acid groups (broad SMARTS) is 1. The highest BCUT2D eigenvalue weighted by molar-refractivity contribution is 6.03. The number of hydrogen-bond acceptors (Lipinski definition) is 1. The van der Waals surface area contributed by atoms with Gasteiger partial charge in [0.2, 0.25) is 0 Å². The van der Waals surface area contributed by atoms with Crippen molar-refractivity contribution in [1.29, 1.82) is 0 Å². The number of benzene rings is 1. The van der Waals surface area contributed by atoms with E-state index >= 15 is 0 Å². The van der Waals surface area contributed by atoms with Crippen LogP contribution in [0.1, 0.15) is 15.9 Å². The van der Waals surface area contributed by atoms with Gasteiger partial charge in [0, 0.05) is 5.39 Å². The van der Waals surface area contributed by atoms with Crippen molar-refractivity contribution < 1.29 is 14.4 Å². The van der Waals surface area contributed by atoms with E-state index in [4.69, 9.17) is 5.11 Å². The molecule has 0 fully saturated rings. The summed E-state index contributed by atoms with van der Waals surface area (Å²) in [5, 5.41) is 9.21. The molecule has 3 nitrogen and oxygen atoms in total. The molecule has 0 aliphatic rings. The zero-order valence-electron chi connectivity index (χ0n) is 7.49. The van der Waals surface area contributed by atoms with Crippen LogP contribution < -0.4 is 0 Å². The Morgan fingerprint density at radius 3 is 2.86 bits per heavy atom. The molecule has 1 N–H and O–H groups in total. The van der Waals surface area contributed by atoms with Crippen molar-refractivity contribution in [3.63, 3.8) is 0 Å². The first-order chi connectivity index (χ1) is 6.59. The fourth-order valence-electron chi connectivity index (χ4n) is 1.47. The standard InChI is InChI=1S/C10H8FNO2/c1-6-2-3-7-8(10(13)14)5-12(11)9(7)4-6/h2-5H,1H3,(H,13,14). The van der Waals surface area contributed by atoms with Gasteiger partial charge in [-0.1, -0.05) is 16.6 Å². The number of nitrogens with zero attached hydrogens (tertiary/aromatic N) is 1. The fraction of sp³-hybridized carbons (Fsp3) is 0.100. The molecule has 4 heteroatoms. The molecule has 0 atom stereocenters. The molecular weight excluding hydrogens is 185 g/mol. The van der Waals surface area contributed by atoms with Gasteiger partial charge in [-0.15, -0.1) is 0 Å². The van der Waals surface area contributed by atoms with Gasteiger partial charge < -0.3 is 5.11 Å². The highest BCUT2D eigenvalue weighted by atomic mass is 19.2. The van der Waals surface area contributed by atoms with Crippen molar-refractivity contribution in [3.8, 4) is 0 Å². The van der Waals surface area contributed by atoms with E-state index in [1.165, 1.54) is 0 Å². The number of hydrogen-bond donors (Lipinski definition) is 1. The third-order valence-corrected chi connectivity index (χ3v) is 2.15. The van der Waals surface area contributed by atoms with Crippen LogP contribution in [0.2, 0.25) is 0 Å². The molecule has 2 rings (SSSR count). The number of rotatable bonds is 1. The second-order valence-corrected chi connectivity index (χ2v) is 3.18. The molecule has 72 valence electrons. The Kier molecular flexibility index (Phi) is 1.77. The highest BCUT2D eigenvalue weighted by Crippen LogP contribution is 2.22. The molecular formula is C10H8FNO2. The molecule has 14 heavy (non-hydrogen) atoms. The molecule has 0 aliphatic heterocycles. The number of carbonyl (C=O) groups is 1. The molecule has 0 radical (unpaired) electrons. The van der Waals surface area contributed by atoms with Crippen LogP contribution in [-0.2, 0) is 0 Å². The largest absolute Gasteiger partial charge is 0.478 e. The molecule has 0 aliphatic carbocycles. The van der Waals surface area contributed by atoms with Crippen LogP contribution in [0.4, 0.5) is 4.48 Å². The van der Waals surface area contributed by atoms with Gasteiger partial charge in [0.1, 0.15) is 0 Å².